The number of rotatable bonds is 4. The van der Waals surface area contributed by atoms with Crippen LogP contribution in [0.3, 0.4) is 0 Å². The minimum atomic E-state index is 0.652. The lowest BCUT2D eigenvalue weighted by molar-refractivity contribution is 0.648. The molecule has 3 aromatic rings. The van der Waals surface area contributed by atoms with Gasteiger partial charge in [0.05, 0.1) is 0 Å². The number of fused-ring (bicyclic) bond motifs is 1. The Kier molecular flexibility index (Phi) is 4.28. The highest BCUT2D eigenvalue weighted by Gasteiger charge is 2.20. The Labute approximate surface area is 150 Å². The third-order valence-corrected chi connectivity index (χ3v) is 4.96. The van der Waals surface area contributed by atoms with Gasteiger partial charge in [-0.1, -0.05) is 86.6 Å². The summed E-state index contributed by atoms with van der Waals surface area (Å²) in [6.07, 6.45) is 4.56. The smallest absolute Gasteiger partial charge is 0.00134 e. The Balaban J connectivity index is 1.87. The summed E-state index contributed by atoms with van der Waals surface area (Å²) < 4.78 is 0. The minimum absolute atomic E-state index is 0.652. The van der Waals surface area contributed by atoms with Crippen LogP contribution in [0, 0.1) is 5.92 Å². The van der Waals surface area contributed by atoms with Crippen LogP contribution >= 0.6 is 0 Å². The molecular formula is C25H24. The van der Waals surface area contributed by atoms with E-state index in [9.17, 15) is 0 Å². The van der Waals surface area contributed by atoms with Crippen LogP contribution in [0.2, 0.25) is 0 Å². The summed E-state index contributed by atoms with van der Waals surface area (Å²) in [4.78, 5) is 0. The van der Waals surface area contributed by atoms with Crippen molar-refractivity contribution in [1.29, 1.82) is 0 Å². The predicted octanol–water partition coefficient (Wildman–Crippen LogP) is 6.65. The van der Waals surface area contributed by atoms with Gasteiger partial charge in [-0.15, -0.1) is 0 Å². The van der Waals surface area contributed by atoms with E-state index in [0.29, 0.717) is 5.92 Å². The fourth-order valence-corrected chi connectivity index (χ4v) is 3.85. The van der Waals surface area contributed by atoms with Gasteiger partial charge in [-0.05, 0) is 63.8 Å². The zero-order valence-electron chi connectivity index (χ0n) is 15.0. The molecule has 0 aliphatic heterocycles. The van der Waals surface area contributed by atoms with Gasteiger partial charge in [-0.2, -0.15) is 0 Å². The Morgan fingerprint density at radius 2 is 1.40 bits per heavy atom. The highest BCUT2D eigenvalue weighted by atomic mass is 14.2. The maximum Gasteiger partial charge on any atom is -0.00134 e. The maximum atomic E-state index is 2.41. The van der Waals surface area contributed by atoms with E-state index in [2.05, 4.69) is 92.7 Å². The molecule has 0 atom stereocenters. The molecule has 0 saturated carbocycles. The van der Waals surface area contributed by atoms with Crippen molar-refractivity contribution in [2.45, 2.75) is 26.7 Å². The van der Waals surface area contributed by atoms with Crippen molar-refractivity contribution in [3.63, 3.8) is 0 Å². The van der Waals surface area contributed by atoms with Gasteiger partial charge in [-0.3, -0.25) is 0 Å². The quantitative estimate of drug-likeness (QED) is 0.504. The molecule has 0 heterocycles. The molecule has 0 nitrogen and oxygen atoms in total. The summed E-state index contributed by atoms with van der Waals surface area (Å²) in [5.41, 5.74) is 9.86. The van der Waals surface area contributed by atoms with Crippen LogP contribution in [0.25, 0.3) is 22.8 Å². The van der Waals surface area contributed by atoms with Gasteiger partial charge in [-0.25, -0.2) is 0 Å². The molecule has 0 unspecified atom stereocenters. The molecule has 25 heavy (non-hydrogen) atoms. The van der Waals surface area contributed by atoms with Gasteiger partial charge in [0.1, 0.15) is 0 Å². The van der Waals surface area contributed by atoms with E-state index in [4.69, 9.17) is 0 Å². The zero-order chi connectivity index (χ0) is 17.2. The molecule has 0 bridgehead atoms. The Bertz CT molecular complexity index is 900. The van der Waals surface area contributed by atoms with Crippen LogP contribution in [-0.2, 0) is 12.8 Å². The van der Waals surface area contributed by atoms with E-state index in [0.717, 1.165) is 12.8 Å². The Hall–Kier alpha value is -2.60. The molecule has 1 aliphatic carbocycles. The lowest BCUT2D eigenvalue weighted by atomic mass is 9.88. The van der Waals surface area contributed by atoms with E-state index in [1.54, 1.807) is 0 Å². The van der Waals surface area contributed by atoms with Crippen LogP contribution in [-0.4, -0.2) is 0 Å². The molecule has 124 valence electrons. The van der Waals surface area contributed by atoms with Crippen LogP contribution in [0.1, 0.15) is 36.1 Å². The second-order valence-corrected chi connectivity index (χ2v) is 7.35. The Morgan fingerprint density at radius 3 is 2.04 bits per heavy atom. The van der Waals surface area contributed by atoms with Crippen molar-refractivity contribution in [2.75, 3.05) is 0 Å². The molecule has 0 N–H and O–H groups in total. The summed E-state index contributed by atoms with van der Waals surface area (Å²) in [6.45, 7) is 4.60. The van der Waals surface area contributed by atoms with Crippen LogP contribution in [0.15, 0.2) is 72.8 Å². The van der Waals surface area contributed by atoms with Crippen molar-refractivity contribution in [1.82, 2.24) is 0 Å². The number of hydrogen-bond acceptors (Lipinski definition) is 0. The average Bonchev–Trinajstić information content (AvgIpc) is 3.07. The fourth-order valence-electron chi connectivity index (χ4n) is 3.85. The van der Waals surface area contributed by atoms with Crippen molar-refractivity contribution < 1.29 is 0 Å². The average molecular weight is 324 g/mol. The van der Waals surface area contributed by atoms with E-state index in [-0.39, 0.29) is 0 Å². The van der Waals surface area contributed by atoms with Gasteiger partial charge in [0.15, 0.2) is 0 Å². The van der Waals surface area contributed by atoms with E-state index >= 15 is 0 Å². The number of hydrogen-bond donors (Lipinski definition) is 0. The van der Waals surface area contributed by atoms with Crippen LogP contribution in [0.4, 0.5) is 0 Å². The zero-order valence-corrected chi connectivity index (χ0v) is 15.0. The molecule has 0 amide bonds. The van der Waals surface area contributed by atoms with E-state index in [1.807, 2.05) is 0 Å². The summed E-state index contributed by atoms with van der Waals surface area (Å²) in [5, 5.41) is 0. The number of benzene rings is 3. The molecule has 0 radical (unpaired) electrons. The SMILES string of the molecule is CC(C)Cc1ccc2c(c1-c1ccccc1)C=C(c1ccccc1)C2. The van der Waals surface area contributed by atoms with Crippen molar-refractivity contribution in [3.05, 3.63) is 95.1 Å². The summed E-state index contributed by atoms with van der Waals surface area (Å²) in [5.74, 6) is 0.652. The molecule has 0 spiro atoms. The van der Waals surface area contributed by atoms with Crippen molar-refractivity contribution >= 4 is 11.6 Å². The van der Waals surface area contributed by atoms with Gasteiger partial charge >= 0.3 is 0 Å². The fraction of sp³-hybridized carbons (Fsp3) is 0.200. The maximum absolute atomic E-state index is 2.41. The van der Waals surface area contributed by atoms with E-state index < -0.39 is 0 Å². The lowest BCUT2D eigenvalue weighted by Gasteiger charge is -2.16. The molecule has 0 heteroatoms. The summed E-state index contributed by atoms with van der Waals surface area (Å²) >= 11 is 0. The first kappa shape index (κ1) is 15.9. The normalized spacial score (nSPS) is 13.0. The predicted molar refractivity (Wildman–Crippen MR) is 108 cm³/mol. The summed E-state index contributed by atoms with van der Waals surface area (Å²) in [7, 11) is 0. The first-order valence-corrected chi connectivity index (χ1v) is 9.18. The molecule has 0 saturated heterocycles. The van der Waals surface area contributed by atoms with Crippen LogP contribution in [0.5, 0.6) is 0 Å². The minimum Gasteiger partial charge on any atom is -0.0625 e. The van der Waals surface area contributed by atoms with Gasteiger partial charge in [0.2, 0.25) is 0 Å². The summed E-state index contributed by atoms with van der Waals surface area (Å²) in [6, 6.07) is 26.3. The molecule has 3 aromatic carbocycles. The Morgan fingerprint density at radius 1 is 0.760 bits per heavy atom. The monoisotopic (exact) mass is 324 g/mol. The van der Waals surface area contributed by atoms with E-state index in [1.165, 1.54) is 39.0 Å². The van der Waals surface area contributed by atoms with Crippen molar-refractivity contribution in [2.24, 2.45) is 5.92 Å². The number of allylic oxidation sites excluding steroid dienone is 1. The van der Waals surface area contributed by atoms with Gasteiger partial charge < -0.3 is 0 Å². The molecule has 0 fully saturated rings. The first-order valence-electron chi connectivity index (χ1n) is 9.18. The van der Waals surface area contributed by atoms with Crippen molar-refractivity contribution in [3.8, 4) is 11.1 Å². The van der Waals surface area contributed by atoms with Gasteiger partial charge in [0.25, 0.3) is 0 Å². The standard InChI is InChI=1S/C25H24/c1-18(2)15-22-14-13-21-16-23(19-9-5-3-6-10-19)17-24(21)25(22)20-11-7-4-8-12-20/h3-14,17-18H,15-16H2,1-2H3. The topological polar surface area (TPSA) is 0 Å². The molecule has 1 aliphatic rings. The molecule has 0 aromatic heterocycles. The second kappa shape index (κ2) is 6.72. The highest BCUT2D eigenvalue weighted by molar-refractivity contribution is 5.94. The largest absolute Gasteiger partial charge is 0.0625 e. The molecular weight excluding hydrogens is 300 g/mol. The van der Waals surface area contributed by atoms with Gasteiger partial charge in [0, 0.05) is 0 Å². The third kappa shape index (κ3) is 3.17. The molecule has 4 rings (SSSR count). The van der Waals surface area contributed by atoms with Crippen LogP contribution < -0.4 is 0 Å². The second-order valence-electron chi connectivity index (χ2n) is 7.35. The third-order valence-electron chi connectivity index (χ3n) is 4.96. The first-order chi connectivity index (χ1) is 12.2. The lowest BCUT2D eigenvalue weighted by Crippen LogP contribution is -2.00. The highest BCUT2D eigenvalue weighted by Crippen LogP contribution is 2.40.